The Hall–Kier alpha value is -1.67. The van der Waals surface area contributed by atoms with Gasteiger partial charge in [0.2, 0.25) is 17.7 Å². The first-order valence-electron chi connectivity index (χ1n) is 7.96. The molecular formula is C16H19N3O3S2. The van der Waals surface area contributed by atoms with Crippen LogP contribution in [0.4, 0.5) is 0 Å². The summed E-state index contributed by atoms with van der Waals surface area (Å²) >= 11 is 6.39. The van der Waals surface area contributed by atoms with Gasteiger partial charge in [-0.1, -0.05) is 30.0 Å². The Kier molecular flexibility index (Phi) is 5.68. The number of hydrogen-bond donors (Lipinski definition) is 1. The third-order valence-corrected chi connectivity index (χ3v) is 5.54. The molecule has 0 aromatic carbocycles. The SMILES string of the molecule is O=C(CN1C(=O)CSC1=S)NC1CCC(Oc2ccccn2)CC1. The largest absolute Gasteiger partial charge is 0.474 e. The van der Waals surface area contributed by atoms with Crippen molar-refractivity contribution in [2.24, 2.45) is 0 Å². The average Bonchev–Trinajstić information content (AvgIpc) is 2.89. The third-order valence-electron chi connectivity index (χ3n) is 4.11. The molecule has 0 bridgehead atoms. The van der Waals surface area contributed by atoms with Crippen LogP contribution in [0.3, 0.4) is 0 Å². The molecule has 1 N–H and O–H groups in total. The van der Waals surface area contributed by atoms with Crippen LogP contribution >= 0.6 is 24.0 Å². The van der Waals surface area contributed by atoms with Gasteiger partial charge in [0.05, 0.1) is 5.75 Å². The van der Waals surface area contributed by atoms with Gasteiger partial charge in [0, 0.05) is 18.3 Å². The van der Waals surface area contributed by atoms with E-state index in [4.69, 9.17) is 17.0 Å². The molecule has 1 aromatic heterocycles. The topological polar surface area (TPSA) is 71.5 Å². The summed E-state index contributed by atoms with van der Waals surface area (Å²) in [4.78, 5) is 29.3. The van der Waals surface area contributed by atoms with E-state index in [0.717, 1.165) is 25.7 Å². The first-order chi connectivity index (χ1) is 11.6. The molecule has 6 nitrogen and oxygen atoms in total. The summed E-state index contributed by atoms with van der Waals surface area (Å²) in [5.74, 6) is 0.737. The van der Waals surface area contributed by atoms with Crippen LogP contribution in [0.15, 0.2) is 24.4 Å². The molecule has 8 heteroatoms. The van der Waals surface area contributed by atoms with Crippen molar-refractivity contribution in [1.82, 2.24) is 15.2 Å². The maximum absolute atomic E-state index is 12.1. The van der Waals surface area contributed by atoms with Gasteiger partial charge in [-0.25, -0.2) is 4.98 Å². The maximum atomic E-state index is 12.1. The van der Waals surface area contributed by atoms with Gasteiger partial charge in [-0.05, 0) is 31.7 Å². The second-order valence-corrected chi connectivity index (χ2v) is 7.47. The zero-order valence-electron chi connectivity index (χ0n) is 13.1. The fourth-order valence-electron chi connectivity index (χ4n) is 2.86. The Bertz CT molecular complexity index is 602. The van der Waals surface area contributed by atoms with Crippen LogP contribution in [0.1, 0.15) is 25.7 Å². The molecule has 1 aliphatic heterocycles. The number of nitrogens with zero attached hydrogens (tertiary/aromatic N) is 2. The molecule has 2 heterocycles. The summed E-state index contributed by atoms with van der Waals surface area (Å²) < 4.78 is 6.34. The minimum Gasteiger partial charge on any atom is -0.474 e. The summed E-state index contributed by atoms with van der Waals surface area (Å²) in [6.07, 6.45) is 5.31. The van der Waals surface area contributed by atoms with Crippen molar-refractivity contribution < 1.29 is 14.3 Å². The van der Waals surface area contributed by atoms with Crippen LogP contribution in [0, 0.1) is 0 Å². The Morgan fingerprint density at radius 3 is 2.79 bits per heavy atom. The highest BCUT2D eigenvalue weighted by atomic mass is 32.2. The van der Waals surface area contributed by atoms with Crippen molar-refractivity contribution in [3.05, 3.63) is 24.4 Å². The molecule has 1 aliphatic carbocycles. The van der Waals surface area contributed by atoms with E-state index in [0.29, 0.717) is 16.0 Å². The van der Waals surface area contributed by atoms with Crippen molar-refractivity contribution >= 4 is 40.1 Å². The summed E-state index contributed by atoms with van der Waals surface area (Å²) in [7, 11) is 0. The lowest BCUT2D eigenvalue weighted by atomic mass is 9.93. The van der Waals surface area contributed by atoms with Crippen LogP contribution < -0.4 is 10.1 Å². The normalized spacial score (nSPS) is 24.1. The van der Waals surface area contributed by atoms with Crippen LogP contribution in [0.5, 0.6) is 5.88 Å². The first-order valence-corrected chi connectivity index (χ1v) is 9.35. The van der Waals surface area contributed by atoms with Crippen molar-refractivity contribution in [2.75, 3.05) is 12.3 Å². The van der Waals surface area contributed by atoms with Crippen molar-refractivity contribution in [1.29, 1.82) is 0 Å². The molecule has 1 saturated carbocycles. The fraction of sp³-hybridized carbons (Fsp3) is 0.500. The van der Waals surface area contributed by atoms with Gasteiger partial charge in [-0.15, -0.1) is 0 Å². The lowest BCUT2D eigenvalue weighted by molar-refractivity contribution is -0.130. The molecule has 0 spiro atoms. The highest BCUT2D eigenvalue weighted by Gasteiger charge is 2.30. The number of thiocarbonyl (C=S) groups is 1. The summed E-state index contributed by atoms with van der Waals surface area (Å²) in [6.45, 7) is 0.0228. The van der Waals surface area contributed by atoms with E-state index in [9.17, 15) is 9.59 Å². The van der Waals surface area contributed by atoms with Crippen molar-refractivity contribution in [2.45, 2.75) is 37.8 Å². The predicted molar refractivity (Wildman–Crippen MR) is 95.8 cm³/mol. The summed E-state index contributed by atoms with van der Waals surface area (Å²) in [5.41, 5.74) is 0. The number of carbonyl (C=O) groups is 2. The van der Waals surface area contributed by atoms with E-state index < -0.39 is 0 Å². The van der Waals surface area contributed by atoms with Gasteiger partial charge in [0.1, 0.15) is 17.0 Å². The molecule has 0 unspecified atom stereocenters. The van der Waals surface area contributed by atoms with Gasteiger partial charge >= 0.3 is 0 Å². The molecule has 2 aliphatic rings. The zero-order valence-corrected chi connectivity index (χ0v) is 14.8. The Labute approximate surface area is 150 Å². The number of pyridine rings is 1. The smallest absolute Gasteiger partial charge is 0.240 e. The number of hydrogen-bond acceptors (Lipinski definition) is 6. The van der Waals surface area contributed by atoms with Crippen LogP contribution in [0.25, 0.3) is 0 Å². The molecule has 0 atom stereocenters. The molecule has 2 fully saturated rings. The highest BCUT2D eigenvalue weighted by molar-refractivity contribution is 8.23. The van der Waals surface area contributed by atoms with Crippen LogP contribution in [-0.2, 0) is 9.59 Å². The molecule has 1 saturated heterocycles. The van der Waals surface area contributed by atoms with Gasteiger partial charge in [0.15, 0.2) is 0 Å². The average molecular weight is 365 g/mol. The van der Waals surface area contributed by atoms with E-state index in [1.165, 1.54) is 16.7 Å². The number of thioether (sulfide) groups is 1. The number of carbonyl (C=O) groups excluding carboxylic acids is 2. The van der Waals surface area contributed by atoms with Crippen LogP contribution in [0.2, 0.25) is 0 Å². The minimum atomic E-state index is -0.151. The van der Waals surface area contributed by atoms with Gasteiger partial charge in [0.25, 0.3) is 0 Å². The number of ether oxygens (including phenoxy) is 1. The quantitative estimate of drug-likeness (QED) is 0.802. The molecule has 3 rings (SSSR count). The molecule has 128 valence electrons. The second kappa shape index (κ2) is 7.94. The van der Waals surface area contributed by atoms with Crippen LogP contribution in [-0.4, -0.2) is 50.5 Å². The van der Waals surface area contributed by atoms with Gasteiger partial charge < -0.3 is 10.1 Å². The number of aromatic nitrogens is 1. The monoisotopic (exact) mass is 365 g/mol. The standard InChI is InChI=1S/C16H19N3O3S2/c20-13(9-19-15(21)10-24-16(19)23)18-11-4-6-12(7-5-11)22-14-3-1-2-8-17-14/h1-3,8,11-12H,4-7,9-10H2,(H,18,20). The Balaban J connectivity index is 1.41. The third kappa shape index (κ3) is 4.45. The summed E-state index contributed by atoms with van der Waals surface area (Å²) in [5, 5.41) is 3.00. The summed E-state index contributed by atoms with van der Waals surface area (Å²) in [6, 6.07) is 5.73. The lowest BCUT2D eigenvalue weighted by Crippen LogP contribution is -2.45. The van der Waals surface area contributed by atoms with E-state index in [1.807, 2.05) is 18.2 Å². The molecular weight excluding hydrogens is 346 g/mol. The Morgan fingerprint density at radius 1 is 1.38 bits per heavy atom. The zero-order chi connectivity index (χ0) is 16.9. The fourth-order valence-corrected chi connectivity index (χ4v) is 3.93. The van der Waals surface area contributed by atoms with Crippen molar-refractivity contribution in [3.8, 4) is 5.88 Å². The number of amides is 2. The lowest BCUT2D eigenvalue weighted by Gasteiger charge is -2.29. The highest BCUT2D eigenvalue weighted by Crippen LogP contribution is 2.23. The van der Waals surface area contributed by atoms with Gasteiger partial charge in [-0.3, -0.25) is 14.5 Å². The van der Waals surface area contributed by atoms with Gasteiger partial charge in [-0.2, -0.15) is 0 Å². The molecule has 2 amide bonds. The number of nitrogens with one attached hydrogen (secondary N) is 1. The predicted octanol–water partition coefficient (Wildman–Crippen LogP) is 1.75. The molecule has 24 heavy (non-hydrogen) atoms. The molecule has 1 aromatic rings. The maximum Gasteiger partial charge on any atom is 0.240 e. The first kappa shape index (κ1) is 17.2. The molecule has 0 radical (unpaired) electrons. The number of rotatable bonds is 5. The second-order valence-electron chi connectivity index (χ2n) is 5.86. The van der Waals surface area contributed by atoms with Crippen molar-refractivity contribution in [3.63, 3.8) is 0 Å². The Morgan fingerprint density at radius 2 is 2.17 bits per heavy atom. The van der Waals surface area contributed by atoms with E-state index >= 15 is 0 Å². The van der Waals surface area contributed by atoms with E-state index in [-0.39, 0.29) is 30.5 Å². The van der Waals surface area contributed by atoms with E-state index in [1.54, 1.807) is 6.20 Å². The minimum absolute atomic E-state index is 0.0228. The van der Waals surface area contributed by atoms with E-state index in [2.05, 4.69) is 10.3 Å².